The highest BCUT2D eigenvalue weighted by Gasteiger charge is 2.16. The topological polar surface area (TPSA) is 80.4 Å². The second kappa shape index (κ2) is 5.29. The molecule has 3 rings (SSSR count). The van der Waals surface area contributed by atoms with Crippen molar-refractivity contribution >= 4 is 22.4 Å². The fraction of sp³-hybridized carbons (Fsp3) is 0. The molecule has 22 heavy (non-hydrogen) atoms. The summed E-state index contributed by atoms with van der Waals surface area (Å²) >= 11 is 0. The third kappa shape index (κ3) is 2.40. The van der Waals surface area contributed by atoms with Gasteiger partial charge >= 0.3 is 5.97 Å². The number of fused-ring (bicyclic) bond motifs is 1. The van der Waals surface area contributed by atoms with Crippen LogP contribution in [0, 0.1) is 10.1 Å². The van der Waals surface area contributed by atoms with Crippen molar-refractivity contribution in [1.29, 1.82) is 0 Å². The first kappa shape index (κ1) is 13.8. The first-order valence-electron chi connectivity index (χ1n) is 6.57. The molecule has 0 spiro atoms. The SMILES string of the molecule is O=C(O)c1ccc([N+](=O)[O-])cc1-c1ccc2ccccc2c1. The molecule has 0 bridgehead atoms. The third-order valence-corrected chi connectivity index (χ3v) is 3.50. The van der Waals surface area contributed by atoms with Crippen molar-refractivity contribution in [3.63, 3.8) is 0 Å². The Morgan fingerprint density at radius 1 is 0.955 bits per heavy atom. The number of non-ortho nitro benzene ring substituents is 1. The summed E-state index contributed by atoms with van der Waals surface area (Å²) in [6, 6.07) is 16.9. The predicted molar refractivity (Wildman–Crippen MR) is 83.0 cm³/mol. The van der Waals surface area contributed by atoms with E-state index < -0.39 is 10.9 Å². The Bertz CT molecular complexity index is 902. The summed E-state index contributed by atoms with van der Waals surface area (Å²) in [4.78, 5) is 21.8. The minimum absolute atomic E-state index is 0.0425. The molecule has 0 aromatic heterocycles. The second-order valence-corrected chi connectivity index (χ2v) is 4.85. The Balaban J connectivity index is 2.25. The minimum Gasteiger partial charge on any atom is -0.478 e. The van der Waals surface area contributed by atoms with Crippen molar-refractivity contribution in [2.45, 2.75) is 0 Å². The van der Waals surface area contributed by atoms with Gasteiger partial charge in [-0.05, 0) is 28.5 Å². The standard InChI is InChI=1S/C17H11NO4/c19-17(20)15-8-7-14(18(21)22)10-16(15)13-6-5-11-3-1-2-4-12(11)9-13/h1-10H,(H,19,20). The third-order valence-electron chi connectivity index (χ3n) is 3.50. The molecule has 0 fully saturated rings. The molecule has 1 N–H and O–H groups in total. The number of carbonyl (C=O) groups is 1. The maximum Gasteiger partial charge on any atom is 0.336 e. The smallest absolute Gasteiger partial charge is 0.336 e. The number of hydrogen-bond acceptors (Lipinski definition) is 3. The number of nitro groups is 1. The van der Waals surface area contributed by atoms with Crippen molar-refractivity contribution in [2.24, 2.45) is 0 Å². The van der Waals surface area contributed by atoms with E-state index in [-0.39, 0.29) is 11.3 Å². The highest BCUT2D eigenvalue weighted by atomic mass is 16.6. The number of carboxylic acid groups (broad SMARTS) is 1. The molecule has 0 aliphatic carbocycles. The van der Waals surface area contributed by atoms with Gasteiger partial charge in [0.15, 0.2) is 0 Å². The van der Waals surface area contributed by atoms with Gasteiger partial charge in [0.25, 0.3) is 5.69 Å². The van der Waals surface area contributed by atoms with Gasteiger partial charge < -0.3 is 5.11 Å². The normalized spacial score (nSPS) is 10.5. The van der Waals surface area contributed by atoms with Crippen LogP contribution in [-0.2, 0) is 0 Å². The number of rotatable bonds is 3. The van der Waals surface area contributed by atoms with Gasteiger partial charge in [-0.15, -0.1) is 0 Å². The molecule has 0 heterocycles. The van der Waals surface area contributed by atoms with E-state index in [0.717, 1.165) is 10.8 Å². The lowest BCUT2D eigenvalue weighted by atomic mass is 9.96. The van der Waals surface area contributed by atoms with Gasteiger partial charge in [-0.25, -0.2) is 4.79 Å². The highest BCUT2D eigenvalue weighted by molar-refractivity contribution is 5.98. The average molecular weight is 293 g/mol. The molecule has 3 aromatic carbocycles. The van der Waals surface area contributed by atoms with Crippen LogP contribution < -0.4 is 0 Å². The van der Waals surface area contributed by atoms with Crippen LogP contribution in [0.1, 0.15) is 10.4 Å². The molecule has 0 saturated carbocycles. The van der Waals surface area contributed by atoms with E-state index in [4.69, 9.17) is 0 Å². The molecule has 0 saturated heterocycles. The Labute approximate surface area is 125 Å². The number of nitrogens with zero attached hydrogens (tertiary/aromatic N) is 1. The fourth-order valence-corrected chi connectivity index (χ4v) is 2.43. The summed E-state index contributed by atoms with van der Waals surface area (Å²) in [6.45, 7) is 0. The van der Waals surface area contributed by atoms with Crippen LogP contribution in [-0.4, -0.2) is 16.0 Å². The van der Waals surface area contributed by atoms with Crippen molar-refractivity contribution in [3.05, 3.63) is 76.3 Å². The molecule has 0 radical (unpaired) electrons. The molecule has 108 valence electrons. The summed E-state index contributed by atoms with van der Waals surface area (Å²) in [6.07, 6.45) is 0. The van der Waals surface area contributed by atoms with E-state index in [1.54, 1.807) is 6.07 Å². The van der Waals surface area contributed by atoms with Crippen molar-refractivity contribution in [2.75, 3.05) is 0 Å². The van der Waals surface area contributed by atoms with Crippen LogP contribution in [0.25, 0.3) is 21.9 Å². The van der Waals surface area contributed by atoms with Crippen molar-refractivity contribution in [1.82, 2.24) is 0 Å². The molecule has 0 unspecified atom stereocenters. The number of aromatic carboxylic acids is 1. The summed E-state index contributed by atoms with van der Waals surface area (Å²) < 4.78 is 0. The molecule has 0 aliphatic rings. The lowest BCUT2D eigenvalue weighted by Gasteiger charge is -2.08. The summed E-state index contributed by atoms with van der Waals surface area (Å²) in [5.74, 6) is -1.11. The number of hydrogen-bond donors (Lipinski definition) is 1. The van der Waals surface area contributed by atoms with Gasteiger partial charge in [-0.3, -0.25) is 10.1 Å². The highest BCUT2D eigenvalue weighted by Crippen LogP contribution is 2.30. The largest absolute Gasteiger partial charge is 0.478 e. The van der Waals surface area contributed by atoms with Crippen LogP contribution in [0.2, 0.25) is 0 Å². The van der Waals surface area contributed by atoms with Crippen LogP contribution in [0.5, 0.6) is 0 Å². The molecular formula is C17H11NO4. The van der Waals surface area contributed by atoms with Gasteiger partial charge in [-0.2, -0.15) is 0 Å². The van der Waals surface area contributed by atoms with E-state index in [1.807, 2.05) is 36.4 Å². The average Bonchev–Trinajstić information content (AvgIpc) is 2.53. The Kier molecular flexibility index (Phi) is 3.31. The number of benzene rings is 3. The molecular weight excluding hydrogens is 282 g/mol. The van der Waals surface area contributed by atoms with E-state index in [1.165, 1.54) is 18.2 Å². The summed E-state index contributed by atoms with van der Waals surface area (Å²) in [5, 5.41) is 22.2. The van der Waals surface area contributed by atoms with E-state index in [0.29, 0.717) is 11.1 Å². The molecule has 0 amide bonds. The van der Waals surface area contributed by atoms with Crippen molar-refractivity contribution < 1.29 is 14.8 Å². The van der Waals surface area contributed by atoms with E-state index in [2.05, 4.69) is 0 Å². The second-order valence-electron chi connectivity index (χ2n) is 4.85. The summed E-state index contributed by atoms with van der Waals surface area (Å²) in [7, 11) is 0. The van der Waals surface area contributed by atoms with Gasteiger partial charge in [-0.1, -0.05) is 36.4 Å². The molecule has 0 aliphatic heterocycles. The first-order chi connectivity index (χ1) is 10.6. The van der Waals surface area contributed by atoms with Gasteiger partial charge in [0.1, 0.15) is 0 Å². The Morgan fingerprint density at radius 3 is 2.36 bits per heavy atom. The quantitative estimate of drug-likeness (QED) is 0.582. The van der Waals surface area contributed by atoms with Crippen LogP contribution in [0.3, 0.4) is 0 Å². The Morgan fingerprint density at radius 2 is 1.68 bits per heavy atom. The molecule has 5 nitrogen and oxygen atoms in total. The lowest BCUT2D eigenvalue weighted by Crippen LogP contribution is -2.00. The van der Waals surface area contributed by atoms with Crippen molar-refractivity contribution in [3.8, 4) is 11.1 Å². The van der Waals surface area contributed by atoms with E-state index >= 15 is 0 Å². The maximum absolute atomic E-state index is 11.4. The van der Waals surface area contributed by atoms with Crippen LogP contribution in [0.15, 0.2) is 60.7 Å². The predicted octanol–water partition coefficient (Wildman–Crippen LogP) is 4.11. The minimum atomic E-state index is -1.11. The Hall–Kier alpha value is -3.21. The number of carboxylic acids is 1. The van der Waals surface area contributed by atoms with Gasteiger partial charge in [0.05, 0.1) is 10.5 Å². The molecule has 5 heteroatoms. The summed E-state index contributed by atoms with van der Waals surface area (Å²) in [5.41, 5.74) is 0.890. The van der Waals surface area contributed by atoms with Gasteiger partial charge in [0, 0.05) is 17.7 Å². The fourth-order valence-electron chi connectivity index (χ4n) is 2.43. The number of nitro benzene ring substituents is 1. The van der Waals surface area contributed by atoms with Crippen LogP contribution in [0.4, 0.5) is 5.69 Å². The maximum atomic E-state index is 11.4. The zero-order valence-electron chi connectivity index (χ0n) is 11.4. The van der Waals surface area contributed by atoms with E-state index in [9.17, 15) is 20.0 Å². The monoisotopic (exact) mass is 293 g/mol. The molecule has 0 atom stereocenters. The molecule has 3 aromatic rings. The zero-order chi connectivity index (χ0) is 15.7. The van der Waals surface area contributed by atoms with Crippen LogP contribution >= 0.6 is 0 Å². The zero-order valence-corrected chi connectivity index (χ0v) is 11.4. The first-order valence-corrected chi connectivity index (χ1v) is 6.57. The lowest BCUT2D eigenvalue weighted by molar-refractivity contribution is -0.384. The van der Waals surface area contributed by atoms with Gasteiger partial charge in [0.2, 0.25) is 0 Å².